The number of hydrogen-bond acceptors (Lipinski definition) is 3. The Morgan fingerprint density at radius 3 is 2.80 bits per heavy atom. The van der Waals surface area contributed by atoms with E-state index >= 15 is 0 Å². The van der Waals surface area contributed by atoms with E-state index in [0.29, 0.717) is 25.4 Å². The molecule has 1 saturated heterocycles. The van der Waals surface area contributed by atoms with Crippen LogP contribution in [-0.2, 0) is 16.1 Å². The molecule has 0 aromatic heterocycles. The van der Waals surface area contributed by atoms with Crippen LogP contribution in [-0.4, -0.2) is 34.4 Å². The van der Waals surface area contributed by atoms with Crippen LogP contribution >= 0.6 is 0 Å². The van der Waals surface area contributed by atoms with Gasteiger partial charge in [0, 0.05) is 19.5 Å². The molecule has 20 heavy (non-hydrogen) atoms. The summed E-state index contributed by atoms with van der Waals surface area (Å²) >= 11 is 0. The third kappa shape index (κ3) is 2.76. The molecular weight excluding hydrogens is 256 g/mol. The predicted molar refractivity (Wildman–Crippen MR) is 72.8 cm³/mol. The lowest BCUT2D eigenvalue weighted by Gasteiger charge is -2.24. The highest BCUT2D eigenvalue weighted by molar-refractivity contribution is 5.90. The highest BCUT2D eigenvalue weighted by atomic mass is 16.3. The molecule has 3 rings (SSSR count). The normalized spacial score (nSPS) is 23.4. The summed E-state index contributed by atoms with van der Waals surface area (Å²) in [5.41, 5.74) is 0.877. The summed E-state index contributed by atoms with van der Waals surface area (Å²) in [4.78, 5) is 25.9. The number of phenolic OH excluding ortho intramolecular Hbond substituents is 1. The molecule has 1 heterocycles. The zero-order chi connectivity index (χ0) is 14.1. The number of phenols is 1. The number of amides is 2. The van der Waals surface area contributed by atoms with E-state index in [4.69, 9.17) is 0 Å². The van der Waals surface area contributed by atoms with E-state index in [1.807, 2.05) is 6.07 Å². The van der Waals surface area contributed by atoms with E-state index in [2.05, 4.69) is 5.32 Å². The van der Waals surface area contributed by atoms with Crippen LogP contribution in [0.4, 0.5) is 0 Å². The second kappa shape index (κ2) is 5.15. The maximum atomic E-state index is 12.5. The largest absolute Gasteiger partial charge is 0.508 e. The van der Waals surface area contributed by atoms with Crippen LogP contribution in [0.5, 0.6) is 5.75 Å². The van der Waals surface area contributed by atoms with Gasteiger partial charge >= 0.3 is 0 Å². The maximum absolute atomic E-state index is 12.5. The average Bonchev–Trinajstić information content (AvgIpc) is 3.24. The molecule has 2 fully saturated rings. The first-order chi connectivity index (χ1) is 9.63. The van der Waals surface area contributed by atoms with Crippen LogP contribution in [0.15, 0.2) is 24.3 Å². The van der Waals surface area contributed by atoms with Crippen LogP contribution in [0.2, 0.25) is 0 Å². The highest BCUT2D eigenvalue weighted by Gasteiger charge is 2.40. The number of carbonyl (C=O) groups excluding carboxylic acids is 2. The Balaban J connectivity index is 1.76. The van der Waals surface area contributed by atoms with Gasteiger partial charge in [-0.15, -0.1) is 0 Å². The maximum Gasteiger partial charge on any atom is 0.245 e. The number of benzene rings is 1. The van der Waals surface area contributed by atoms with Crippen molar-refractivity contribution in [1.29, 1.82) is 0 Å². The molecule has 0 radical (unpaired) electrons. The summed E-state index contributed by atoms with van der Waals surface area (Å²) in [5.74, 6) is 0.448. The summed E-state index contributed by atoms with van der Waals surface area (Å²) in [5, 5.41) is 12.3. The van der Waals surface area contributed by atoms with Crippen molar-refractivity contribution in [1.82, 2.24) is 10.2 Å². The molecule has 1 atom stereocenters. The van der Waals surface area contributed by atoms with Crippen molar-refractivity contribution < 1.29 is 14.7 Å². The SMILES string of the molecule is O=C1CCN(Cc2cccc(O)c2)C(=O)C(C2CC2)N1. The Morgan fingerprint density at radius 1 is 1.30 bits per heavy atom. The third-order valence-electron chi connectivity index (χ3n) is 3.88. The van der Waals surface area contributed by atoms with Crippen LogP contribution in [0.1, 0.15) is 24.8 Å². The van der Waals surface area contributed by atoms with Crippen molar-refractivity contribution in [3.63, 3.8) is 0 Å². The van der Waals surface area contributed by atoms with Crippen molar-refractivity contribution in [3.8, 4) is 5.75 Å². The highest BCUT2D eigenvalue weighted by Crippen LogP contribution is 2.34. The van der Waals surface area contributed by atoms with Gasteiger partial charge in [0.2, 0.25) is 11.8 Å². The van der Waals surface area contributed by atoms with Gasteiger partial charge in [0.1, 0.15) is 11.8 Å². The fraction of sp³-hybridized carbons (Fsp3) is 0.467. The third-order valence-corrected chi connectivity index (χ3v) is 3.88. The minimum absolute atomic E-state index is 0.00157. The van der Waals surface area contributed by atoms with Gasteiger partial charge in [-0.1, -0.05) is 12.1 Å². The summed E-state index contributed by atoms with van der Waals surface area (Å²) < 4.78 is 0. The van der Waals surface area contributed by atoms with Crippen molar-refractivity contribution in [3.05, 3.63) is 29.8 Å². The smallest absolute Gasteiger partial charge is 0.245 e. The molecule has 1 saturated carbocycles. The molecule has 2 amide bonds. The van der Waals surface area contributed by atoms with Gasteiger partial charge in [0.05, 0.1) is 0 Å². The summed E-state index contributed by atoms with van der Waals surface area (Å²) in [6.07, 6.45) is 2.36. The predicted octanol–water partition coefficient (Wildman–Crippen LogP) is 1.02. The van der Waals surface area contributed by atoms with E-state index in [1.54, 1.807) is 23.1 Å². The molecule has 2 aliphatic rings. The lowest BCUT2D eigenvalue weighted by molar-refractivity contribution is -0.134. The first-order valence-electron chi connectivity index (χ1n) is 6.99. The molecule has 1 aromatic carbocycles. The topological polar surface area (TPSA) is 69.6 Å². The monoisotopic (exact) mass is 274 g/mol. The summed E-state index contributed by atoms with van der Waals surface area (Å²) in [6, 6.07) is 6.53. The van der Waals surface area contributed by atoms with E-state index in [0.717, 1.165) is 18.4 Å². The number of hydrogen-bond donors (Lipinski definition) is 2. The van der Waals surface area contributed by atoms with E-state index in [-0.39, 0.29) is 23.6 Å². The van der Waals surface area contributed by atoms with Crippen molar-refractivity contribution in [2.75, 3.05) is 6.54 Å². The molecule has 5 heteroatoms. The number of carbonyl (C=O) groups is 2. The Hall–Kier alpha value is -2.04. The zero-order valence-electron chi connectivity index (χ0n) is 11.2. The van der Waals surface area contributed by atoms with Crippen molar-refractivity contribution >= 4 is 11.8 Å². The molecular formula is C15H18N2O3. The van der Waals surface area contributed by atoms with Gasteiger partial charge in [-0.05, 0) is 36.5 Å². The molecule has 1 aliphatic heterocycles. The molecule has 2 N–H and O–H groups in total. The number of nitrogens with zero attached hydrogens (tertiary/aromatic N) is 1. The first kappa shape index (κ1) is 13.0. The van der Waals surface area contributed by atoms with Crippen LogP contribution < -0.4 is 5.32 Å². The van der Waals surface area contributed by atoms with Crippen LogP contribution in [0, 0.1) is 5.92 Å². The van der Waals surface area contributed by atoms with Crippen LogP contribution in [0.25, 0.3) is 0 Å². The van der Waals surface area contributed by atoms with Gasteiger partial charge in [-0.3, -0.25) is 9.59 Å². The minimum Gasteiger partial charge on any atom is -0.508 e. The lowest BCUT2D eigenvalue weighted by atomic mass is 10.1. The van der Waals surface area contributed by atoms with Crippen molar-refractivity contribution in [2.45, 2.75) is 31.8 Å². The molecule has 1 aliphatic carbocycles. The van der Waals surface area contributed by atoms with Gasteiger partial charge in [-0.25, -0.2) is 0 Å². The number of aromatic hydroxyl groups is 1. The fourth-order valence-corrected chi connectivity index (χ4v) is 2.63. The fourth-order valence-electron chi connectivity index (χ4n) is 2.63. The van der Waals surface area contributed by atoms with Gasteiger partial charge in [-0.2, -0.15) is 0 Å². The van der Waals surface area contributed by atoms with Crippen LogP contribution in [0.3, 0.4) is 0 Å². The Labute approximate surface area is 117 Å². The molecule has 1 unspecified atom stereocenters. The Morgan fingerprint density at radius 2 is 2.10 bits per heavy atom. The van der Waals surface area contributed by atoms with E-state index < -0.39 is 0 Å². The molecule has 0 bridgehead atoms. The molecule has 1 aromatic rings. The van der Waals surface area contributed by atoms with E-state index in [1.165, 1.54) is 0 Å². The standard InChI is InChI=1S/C15H18N2O3/c18-12-3-1-2-10(8-12)9-17-7-6-13(19)16-14(15(17)20)11-4-5-11/h1-3,8,11,14,18H,4-7,9H2,(H,16,19). The average molecular weight is 274 g/mol. The van der Waals surface area contributed by atoms with Crippen molar-refractivity contribution in [2.24, 2.45) is 5.92 Å². The first-order valence-corrected chi connectivity index (χ1v) is 6.99. The number of nitrogens with one attached hydrogen (secondary N) is 1. The lowest BCUT2D eigenvalue weighted by Crippen LogP contribution is -2.45. The van der Waals surface area contributed by atoms with Gasteiger partial charge in [0.15, 0.2) is 0 Å². The minimum atomic E-state index is -0.359. The Kier molecular flexibility index (Phi) is 3.34. The second-order valence-corrected chi connectivity index (χ2v) is 5.56. The van der Waals surface area contributed by atoms with Gasteiger partial charge < -0.3 is 15.3 Å². The molecule has 5 nitrogen and oxygen atoms in total. The molecule has 0 spiro atoms. The number of rotatable bonds is 3. The van der Waals surface area contributed by atoms with Gasteiger partial charge in [0.25, 0.3) is 0 Å². The summed E-state index contributed by atoms with van der Waals surface area (Å²) in [7, 11) is 0. The summed E-state index contributed by atoms with van der Waals surface area (Å²) in [6.45, 7) is 0.870. The Bertz CT molecular complexity index is 540. The molecule has 106 valence electrons. The zero-order valence-corrected chi connectivity index (χ0v) is 11.2. The van der Waals surface area contributed by atoms with E-state index in [9.17, 15) is 14.7 Å². The second-order valence-electron chi connectivity index (χ2n) is 5.56. The quantitative estimate of drug-likeness (QED) is 0.864.